The highest BCUT2D eigenvalue weighted by atomic mass is 16.5. The number of aliphatic hydroxyl groups is 1. The molecule has 0 spiro atoms. The summed E-state index contributed by atoms with van der Waals surface area (Å²) in [6.07, 6.45) is 6.28. The van der Waals surface area contributed by atoms with Crippen molar-refractivity contribution in [1.29, 1.82) is 0 Å². The molecule has 1 aromatic carbocycles. The van der Waals surface area contributed by atoms with Gasteiger partial charge in [0.1, 0.15) is 11.5 Å². The summed E-state index contributed by atoms with van der Waals surface area (Å²) >= 11 is 0. The zero-order valence-electron chi connectivity index (χ0n) is 17.0. The zero-order chi connectivity index (χ0) is 20.3. The summed E-state index contributed by atoms with van der Waals surface area (Å²) in [7, 11) is 1.68. The first kappa shape index (κ1) is 20.0. The number of para-hydroxylation sites is 1. The van der Waals surface area contributed by atoms with Crippen LogP contribution in [0.2, 0.25) is 0 Å². The molecule has 1 saturated heterocycles. The Kier molecular flexibility index (Phi) is 5.92. The van der Waals surface area contributed by atoms with E-state index >= 15 is 0 Å². The molecule has 2 aliphatic rings. The fourth-order valence-corrected chi connectivity index (χ4v) is 5.08. The summed E-state index contributed by atoms with van der Waals surface area (Å²) in [4.78, 5) is 14.9. The number of carbonyl (C=O) groups excluding carboxylic acids is 1. The number of amides is 1. The number of furan rings is 1. The van der Waals surface area contributed by atoms with E-state index in [0.29, 0.717) is 19.5 Å². The van der Waals surface area contributed by atoms with Crippen molar-refractivity contribution < 1.29 is 19.1 Å². The highest BCUT2D eigenvalue weighted by molar-refractivity contribution is 5.78. The first-order chi connectivity index (χ1) is 14.1. The second kappa shape index (κ2) is 8.59. The van der Waals surface area contributed by atoms with Crippen molar-refractivity contribution in [1.82, 2.24) is 10.2 Å². The van der Waals surface area contributed by atoms with Gasteiger partial charge < -0.3 is 19.6 Å². The number of methoxy groups -OCH3 is 1. The third-order valence-corrected chi connectivity index (χ3v) is 6.52. The summed E-state index contributed by atoms with van der Waals surface area (Å²) in [6, 6.07) is 11.6. The highest BCUT2D eigenvalue weighted by Gasteiger charge is 2.49. The van der Waals surface area contributed by atoms with Crippen molar-refractivity contribution in [3.05, 3.63) is 54.0 Å². The minimum Gasteiger partial charge on any atom is -0.496 e. The number of piperidine rings is 1. The molecule has 0 bridgehead atoms. The van der Waals surface area contributed by atoms with E-state index in [1.54, 1.807) is 13.4 Å². The van der Waals surface area contributed by atoms with Gasteiger partial charge in [0.25, 0.3) is 0 Å². The lowest BCUT2D eigenvalue weighted by atomic mass is 9.66. The average Bonchev–Trinajstić information content (AvgIpc) is 3.26. The maximum atomic E-state index is 12.7. The van der Waals surface area contributed by atoms with E-state index < -0.39 is 5.60 Å². The first-order valence-corrected chi connectivity index (χ1v) is 10.5. The van der Waals surface area contributed by atoms with Gasteiger partial charge in [-0.3, -0.25) is 9.69 Å². The second-order valence-electron chi connectivity index (χ2n) is 8.22. The fraction of sp³-hybridized carbons (Fsp3) is 0.522. The molecule has 29 heavy (non-hydrogen) atoms. The molecule has 1 saturated carbocycles. The smallest absolute Gasteiger partial charge is 0.234 e. The maximum Gasteiger partial charge on any atom is 0.234 e. The molecule has 2 aromatic rings. The number of carbonyl (C=O) groups is 1. The predicted molar refractivity (Wildman–Crippen MR) is 109 cm³/mol. The summed E-state index contributed by atoms with van der Waals surface area (Å²) in [5.41, 5.74) is 0.393. The van der Waals surface area contributed by atoms with Gasteiger partial charge in [0, 0.05) is 24.1 Å². The van der Waals surface area contributed by atoms with E-state index in [1.165, 1.54) is 0 Å². The highest BCUT2D eigenvalue weighted by Crippen LogP contribution is 2.50. The second-order valence-corrected chi connectivity index (χ2v) is 8.22. The Morgan fingerprint density at radius 2 is 2.14 bits per heavy atom. The van der Waals surface area contributed by atoms with Gasteiger partial charge in [0.15, 0.2) is 0 Å². The Labute approximate surface area is 171 Å². The molecule has 0 unspecified atom stereocenters. The van der Waals surface area contributed by atoms with Crippen LogP contribution in [-0.2, 0) is 11.3 Å². The van der Waals surface area contributed by atoms with E-state index in [4.69, 9.17) is 9.15 Å². The number of benzene rings is 1. The Morgan fingerprint density at radius 3 is 2.93 bits per heavy atom. The minimum absolute atomic E-state index is 0.0393. The number of rotatable bonds is 6. The Morgan fingerprint density at radius 1 is 1.28 bits per heavy atom. The van der Waals surface area contributed by atoms with Crippen LogP contribution < -0.4 is 10.1 Å². The molecule has 2 heterocycles. The Bertz CT molecular complexity index is 822. The summed E-state index contributed by atoms with van der Waals surface area (Å²) in [5.74, 6) is 1.61. The van der Waals surface area contributed by atoms with Crippen LogP contribution in [0, 0.1) is 5.92 Å². The molecule has 2 N–H and O–H groups in total. The van der Waals surface area contributed by atoms with Crippen LogP contribution in [0.3, 0.4) is 0 Å². The van der Waals surface area contributed by atoms with E-state index in [9.17, 15) is 9.90 Å². The van der Waals surface area contributed by atoms with Crippen LogP contribution in [0.4, 0.5) is 0 Å². The van der Waals surface area contributed by atoms with Crippen LogP contribution in [0.25, 0.3) is 0 Å². The number of hydrogen-bond acceptors (Lipinski definition) is 5. The average molecular weight is 399 g/mol. The molecule has 6 nitrogen and oxygen atoms in total. The van der Waals surface area contributed by atoms with E-state index in [2.05, 4.69) is 16.3 Å². The molecule has 6 heteroatoms. The first-order valence-electron chi connectivity index (χ1n) is 10.5. The van der Waals surface area contributed by atoms with Gasteiger partial charge in [-0.2, -0.15) is 0 Å². The van der Waals surface area contributed by atoms with Crippen LogP contribution in [0.5, 0.6) is 5.75 Å². The van der Waals surface area contributed by atoms with Crippen molar-refractivity contribution >= 4 is 5.91 Å². The van der Waals surface area contributed by atoms with Gasteiger partial charge in [0.2, 0.25) is 5.91 Å². The number of nitrogens with zero attached hydrogens (tertiary/aromatic N) is 1. The van der Waals surface area contributed by atoms with Crippen LogP contribution in [0.15, 0.2) is 47.1 Å². The van der Waals surface area contributed by atoms with Crippen molar-refractivity contribution in [3.8, 4) is 5.75 Å². The number of ether oxygens (including phenoxy) is 1. The molecule has 1 aliphatic carbocycles. The van der Waals surface area contributed by atoms with Crippen molar-refractivity contribution in [3.63, 3.8) is 0 Å². The topological polar surface area (TPSA) is 74.9 Å². The lowest BCUT2D eigenvalue weighted by Gasteiger charge is -2.52. The quantitative estimate of drug-likeness (QED) is 0.781. The van der Waals surface area contributed by atoms with Gasteiger partial charge >= 0.3 is 0 Å². The van der Waals surface area contributed by atoms with Crippen molar-refractivity contribution in [2.45, 2.75) is 50.3 Å². The number of hydrogen-bond donors (Lipinski definition) is 2. The van der Waals surface area contributed by atoms with Crippen LogP contribution in [0.1, 0.15) is 49.5 Å². The number of fused-ring (bicyclic) bond motifs is 1. The molecule has 1 aliphatic heterocycles. The molecule has 1 amide bonds. The maximum absolute atomic E-state index is 12.7. The molecular formula is C23H30N2O4. The summed E-state index contributed by atoms with van der Waals surface area (Å²) < 4.78 is 10.9. The SMILES string of the molecule is COc1ccccc1[C@@H]1[C@@H]2CCCC[C@@]2(O)CCN1CC(=O)NCc1ccco1. The summed E-state index contributed by atoms with van der Waals surface area (Å²) in [6.45, 7) is 1.35. The Balaban J connectivity index is 1.56. The standard InChI is InChI=1S/C23H30N2O4/c1-28-20-10-3-2-8-18(20)22-19-9-4-5-11-23(19,27)12-13-25(22)16-21(26)24-15-17-7-6-14-29-17/h2-3,6-8,10,14,19,22,27H,4-5,9,11-13,15-16H2,1H3,(H,24,26)/t19-,22+,23+/m0/s1. The third-order valence-electron chi connectivity index (χ3n) is 6.52. The molecule has 4 rings (SSSR count). The van der Waals surface area contributed by atoms with E-state index in [1.807, 2.05) is 30.3 Å². The van der Waals surface area contributed by atoms with Crippen molar-refractivity contribution in [2.24, 2.45) is 5.92 Å². The van der Waals surface area contributed by atoms with Gasteiger partial charge in [-0.05, 0) is 37.5 Å². The third kappa shape index (κ3) is 4.19. The van der Waals surface area contributed by atoms with Crippen molar-refractivity contribution in [2.75, 3.05) is 20.2 Å². The monoisotopic (exact) mass is 398 g/mol. The molecule has 2 fully saturated rings. The lowest BCUT2D eigenvalue weighted by Crippen LogP contribution is -2.56. The van der Waals surface area contributed by atoms with Crippen LogP contribution >= 0.6 is 0 Å². The molecule has 156 valence electrons. The zero-order valence-corrected chi connectivity index (χ0v) is 17.0. The molecular weight excluding hydrogens is 368 g/mol. The van der Waals surface area contributed by atoms with Gasteiger partial charge in [-0.1, -0.05) is 31.0 Å². The normalized spacial score (nSPS) is 27.2. The molecule has 0 radical (unpaired) electrons. The minimum atomic E-state index is -0.662. The summed E-state index contributed by atoms with van der Waals surface area (Å²) in [5, 5.41) is 14.3. The van der Waals surface area contributed by atoms with Gasteiger partial charge in [0.05, 0.1) is 32.1 Å². The predicted octanol–water partition coefficient (Wildman–Crippen LogP) is 3.27. The van der Waals surface area contributed by atoms with E-state index in [-0.39, 0.29) is 24.4 Å². The van der Waals surface area contributed by atoms with Gasteiger partial charge in [-0.25, -0.2) is 0 Å². The van der Waals surface area contributed by atoms with E-state index in [0.717, 1.165) is 42.8 Å². The van der Waals surface area contributed by atoms with Gasteiger partial charge in [-0.15, -0.1) is 0 Å². The lowest BCUT2D eigenvalue weighted by molar-refractivity contribution is -0.138. The molecule has 1 aromatic heterocycles. The largest absolute Gasteiger partial charge is 0.496 e. The van der Waals surface area contributed by atoms with Crippen LogP contribution in [-0.4, -0.2) is 41.7 Å². The number of likely N-dealkylation sites (tertiary alicyclic amines) is 1. The molecule has 3 atom stereocenters. The number of nitrogens with one attached hydrogen (secondary N) is 1. The fourth-order valence-electron chi connectivity index (χ4n) is 5.08. The Hall–Kier alpha value is -2.31.